The molecule has 1 saturated heterocycles. The largest absolute Gasteiger partial charge is 0.497 e. The minimum Gasteiger partial charge on any atom is -0.497 e. The predicted molar refractivity (Wildman–Crippen MR) is 89.8 cm³/mol. The van der Waals surface area contributed by atoms with Crippen molar-refractivity contribution in [2.75, 3.05) is 20.2 Å². The Kier molecular flexibility index (Phi) is 3.71. The van der Waals surface area contributed by atoms with Crippen LogP contribution in [0.25, 0.3) is 16.9 Å². The Labute approximate surface area is 135 Å². The Morgan fingerprint density at radius 2 is 2.09 bits per heavy atom. The normalized spacial score (nSPS) is 18.2. The quantitative estimate of drug-likeness (QED) is 0.808. The van der Waals surface area contributed by atoms with Gasteiger partial charge in [-0.15, -0.1) is 0 Å². The molecule has 0 spiro atoms. The summed E-state index contributed by atoms with van der Waals surface area (Å²) < 4.78 is 7.21. The lowest BCUT2D eigenvalue weighted by Gasteiger charge is -2.23. The van der Waals surface area contributed by atoms with E-state index in [0.717, 1.165) is 35.7 Å². The zero-order valence-electron chi connectivity index (χ0n) is 13.2. The summed E-state index contributed by atoms with van der Waals surface area (Å²) in [7, 11) is 1.67. The van der Waals surface area contributed by atoms with Gasteiger partial charge < -0.3 is 10.1 Å². The van der Waals surface area contributed by atoms with E-state index >= 15 is 0 Å². The Balaban J connectivity index is 1.74. The number of methoxy groups -OCH3 is 1. The molecule has 23 heavy (non-hydrogen) atoms. The first-order chi connectivity index (χ1) is 11.3. The summed E-state index contributed by atoms with van der Waals surface area (Å²) in [4.78, 5) is 4.47. The van der Waals surface area contributed by atoms with E-state index in [9.17, 15) is 0 Å². The van der Waals surface area contributed by atoms with Gasteiger partial charge in [-0.25, -0.2) is 9.50 Å². The van der Waals surface area contributed by atoms with Crippen LogP contribution in [0.2, 0.25) is 0 Å². The van der Waals surface area contributed by atoms with Gasteiger partial charge in [0, 0.05) is 30.3 Å². The second-order valence-electron chi connectivity index (χ2n) is 5.94. The van der Waals surface area contributed by atoms with Crippen LogP contribution in [0, 0.1) is 0 Å². The monoisotopic (exact) mass is 308 g/mol. The van der Waals surface area contributed by atoms with E-state index in [1.54, 1.807) is 7.11 Å². The summed E-state index contributed by atoms with van der Waals surface area (Å²) in [6.45, 7) is 2.12. The molecule has 0 radical (unpaired) electrons. The van der Waals surface area contributed by atoms with Crippen molar-refractivity contribution in [1.29, 1.82) is 0 Å². The molecular weight excluding hydrogens is 288 g/mol. The summed E-state index contributed by atoms with van der Waals surface area (Å²) >= 11 is 0. The first-order valence-electron chi connectivity index (χ1n) is 8.05. The van der Waals surface area contributed by atoms with Crippen molar-refractivity contribution in [3.63, 3.8) is 0 Å². The van der Waals surface area contributed by atoms with Crippen LogP contribution in [0.4, 0.5) is 0 Å². The fourth-order valence-electron chi connectivity index (χ4n) is 3.23. The molecule has 0 unspecified atom stereocenters. The van der Waals surface area contributed by atoms with Gasteiger partial charge in [-0.1, -0.05) is 0 Å². The number of aromatic nitrogens is 3. The van der Waals surface area contributed by atoms with E-state index in [4.69, 9.17) is 9.84 Å². The average molecular weight is 308 g/mol. The van der Waals surface area contributed by atoms with Crippen molar-refractivity contribution in [3.8, 4) is 17.0 Å². The lowest BCUT2D eigenvalue weighted by Crippen LogP contribution is -2.29. The Morgan fingerprint density at radius 3 is 2.83 bits per heavy atom. The van der Waals surface area contributed by atoms with Crippen LogP contribution in [0.5, 0.6) is 5.75 Å². The molecule has 1 atom stereocenters. The van der Waals surface area contributed by atoms with E-state index < -0.39 is 0 Å². The van der Waals surface area contributed by atoms with Crippen molar-refractivity contribution >= 4 is 5.65 Å². The van der Waals surface area contributed by atoms with Crippen molar-refractivity contribution < 1.29 is 4.74 Å². The van der Waals surface area contributed by atoms with Crippen LogP contribution in [-0.4, -0.2) is 34.8 Å². The fraction of sp³-hybridized carbons (Fsp3) is 0.333. The highest BCUT2D eigenvalue weighted by Gasteiger charge is 2.19. The maximum atomic E-state index is 5.22. The Hall–Kier alpha value is -2.40. The lowest BCUT2D eigenvalue weighted by atomic mass is 9.96. The molecule has 118 valence electrons. The van der Waals surface area contributed by atoms with Gasteiger partial charge in [0.05, 0.1) is 18.5 Å². The van der Waals surface area contributed by atoms with Crippen molar-refractivity contribution in [3.05, 3.63) is 48.3 Å². The number of piperidine rings is 1. The zero-order chi connectivity index (χ0) is 15.6. The molecule has 5 nitrogen and oxygen atoms in total. The lowest BCUT2D eigenvalue weighted by molar-refractivity contribution is 0.415. The van der Waals surface area contributed by atoms with Gasteiger partial charge in [0.15, 0.2) is 5.65 Å². The first-order valence-corrected chi connectivity index (χ1v) is 8.05. The van der Waals surface area contributed by atoms with Crippen LogP contribution < -0.4 is 10.1 Å². The molecule has 1 aromatic carbocycles. The van der Waals surface area contributed by atoms with Gasteiger partial charge in [0.1, 0.15) is 5.75 Å². The molecular formula is C18H20N4O. The first kappa shape index (κ1) is 14.2. The number of nitrogens with one attached hydrogen (secondary N) is 1. The van der Waals surface area contributed by atoms with E-state index in [0.29, 0.717) is 5.92 Å². The smallest absolute Gasteiger partial charge is 0.155 e. The molecule has 0 saturated carbocycles. The van der Waals surface area contributed by atoms with Gasteiger partial charge in [-0.2, -0.15) is 5.10 Å². The fourth-order valence-corrected chi connectivity index (χ4v) is 3.23. The van der Waals surface area contributed by atoms with E-state index in [2.05, 4.69) is 16.4 Å². The SMILES string of the molecule is COc1ccc(-c2cc3nccc([C@H]4CCCNC4)n3n2)cc1. The molecule has 2 aromatic heterocycles. The number of benzene rings is 1. The summed E-state index contributed by atoms with van der Waals surface area (Å²) in [5.74, 6) is 1.35. The topological polar surface area (TPSA) is 51.5 Å². The molecule has 3 aromatic rings. The van der Waals surface area contributed by atoms with Gasteiger partial charge in [0.25, 0.3) is 0 Å². The number of hydrogen-bond acceptors (Lipinski definition) is 4. The van der Waals surface area contributed by atoms with Gasteiger partial charge in [0.2, 0.25) is 0 Å². The highest BCUT2D eigenvalue weighted by molar-refractivity contribution is 5.64. The summed E-state index contributed by atoms with van der Waals surface area (Å²) in [6, 6.07) is 12.1. The summed E-state index contributed by atoms with van der Waals surface area (Å²) in [6.07, 6.45) is 4.30. The highest BCUT2D eigenvalue weighted by Crippen LogP contribution is 2.26. The number of hydrogen-bond donors (Lipinski definition) is 1. The Bertz CT molecular complexity index is 804. The molecule has 0 aliphatic carbocycles. The molecule has 1 fully saturated rings. The average Bonchev–Trinajstić information content (AvgIpc) is 3.06. The van der Waals surface area contributed by atoms with Crippen molar-refractivity contribution in [1.82, 2.24) is 19.9 Å². The highest BCUT2D eigenvalue weighted by atomic mass is 16.5. The Morgan fingerprint density at radius 1 is 1.22 bits per heavy atom. The molecule has 5 heteroatoms. The number of nitrogens with zero attached hydrogens (tertiary/aromatic N) is 3. The maximum absolute atomic E-state index is 5.22. The van der Waals surface area contributed by atoms with Crippen LogP contribution in [0.1, 0.15) is 24.5 Å². The van der Waals surface area contributed by atoms with Gasteiger partial charge in [-0.05, 0) is 49.7 Å². The van der Waals surface area contributed by atoms with Gasteiger partial charge >= 0.3 is 0 Å². The second-order valence-corrected chi connectivity index (χ2v) is 5.94. The molecule has 0 amide bonds. The molecule has 4 rings (SSSR count). The maximum Gasteiger partial charge on any atom is 0.155 e. The molecule has 3 heterocycles. The molecule has 1 aliphatic heterocycles. The summed E-state index contributed by atoms with van der Waals surface area (Å²) in [5, 5.41) is 8.27. The minimum absolute atomic E-state index is 0.498. The van der Waals surface area contributed by atoms with Crippen LogP contribution >= 0.6 is 0 Å². The number of rotatable bonds is 3. The van der Waals surface area contributed by atoms with E-state index in [1.165, 1.54) is 18.5 Å². The molecule has 0 bridgehead atoms. The third-order valence-corrected chi connectivity index (χ3v) is 4.49. The number of fused-ring (bicyclic) bond motifs is 1. The van der Waals surface area contributed by atoms with Gasteiger partial charge in [-0.3, -0.25) is 0 Å². The molecule has 1 N–H and O–H groups in total. The second kappa shape index (κ2) is 6.01. The molecule has 1 aliphatic rings. The van der Waals surface area contributed by atoms with Crippen molar-refractivity contribution in [2.24, 2.45) is 0 Å². The van der Waals surface area contributed by atoms with Crippen molar-refractivity contribution in [2.45, 2.75) is 18.8 Å². The zero-order valence-corrected chi connectivity index (χ0v) is 13.2. The summed E-state index contributed by atoms with van der Waals surface area (Å²) in [5.41, 5.74) is 4.15. The standard InChI is InChI=1S/C18H20N4O/c1-23-15-6-4-13(5-7-15)16-11-18-20-10-8-17(22(18)21-16)14-3-2-9-19-12-14/h4-8,10-11,14,19H,2-3,9,12H2,1H3/t14-/m0/s1. The third-order valence-electron chi connectivity index (χ3n) is 4.49. The van der Waals surface area contributed by atoms with Crippen LogP contribution in [-0.2, 0) is 0 Å². The van der Waals surface area contributed by atoms with E-state index in [1.807, 2.05) is 41.0 Å². The van der Waals surface area contributed by atoms with Crippen LogP contribution in [0.15, 0.2) is 42.6 Å². The predicted octanol–water partition coefficient (Wildman–Crippen LogP) is 2.87. The third kappa shape index (κ3) is 2.68. The van der Waals surface area contributed by atoms with E-state index in [-0.39, 0.29) is 0 Å². The number of ether oxygens (including phenoxy) is 1. The van der Waals surface area contributed by atoms with Crippen LogP contribution in [0.3, 0.4) is 0 Å². The minimum atomic E-state index is 0.498.